The van der Waals surface area contributed by atoms with E-state index in [2.05, 4.69) is 33.0 Å². The Morgan fingerprint density at radius 1 is 0.931 bits per heavy atom. The number of carbonyl (C=O) groups excluding carboxylic acids is 2. The molecule has 0 heterocycles. The van der Waals surface area contributed by atoms with Crippen LogP contribution >= 0.6 is 0 Å². The maximum Gasteiger partial charge on any atom is 0.251 e. The number of aliphatic carboxylic acids is 1. The summed E-state index contributed by atoms with van der Waals surface area (Å²) in [5.41, 5.74) is 0.443. The fourth-order valence-electron chi connectivity index (χ4n) is 3.22. The second-order valence-electron chi connectivity index (χ2n) is 7.30. The Morgan fingerprint density at radius 3 is 1.97 bits per heavy atom. The molecular weight excluding hydrogens is 368 g/mol. The predicted octanol–water partition coefficient (Wildman–Crippen LogP) is 3.10. The lowest BCUT2D eigenvalue weighted by Crippen LogP contribution is -2.47. The molecule has 2 N–H and O–H groups in total. The Kier molecular flexibility index (Phi) is 14.7. The van der Waals surface area contributed by atoms with E-state index >= 15 is 0 Å². The van der Waals surface area contributed by atoms with E-state index in [1.54, 1.807) is 12.1 Å². The highest BCUT2D eigenvalue weighted by atomic mass is 16.4. The predicted molar refractivity (Wildman–Crippen MR) is 116 cm³/mol. The lowest BCUT2D eigenvalue weighted by atomic mass is 10.1. The number of benzene rings is 1. The quantitative estimate of drug-likeness (QED) is 0.388. The standard InChI is InChI=1S/C15H21NO4.C8H20N/c17-13-8-6-7-12(11-13)15(20)16-10-5-3-1-2-4-9-14(18)19;1-5-9(6-2,7-3)8-4/h6-8,11,17H,1-5,9-10H2,(H,16,20)(H,18,19);5-8H2,1-4H3/q;+1/p-1. The van der Waals surface area contributed by atoms with Gasteiger partial charge in [0.2, 0.25) is 0 Å². The van der Waals surface area contributed by atoms with Crippen LogP contribution in [0, 0.1) is 0 Å². The highest BCUT2D eigenvalue weighted by molar-refractivity contribution is 5.94. The molecule has 0 saturated heterocycles. The molecule has 0 spiro atoms. The molecule has 29 heavy (non-hydrogen) atoms. The minimum atomic E-state index is -0.997. The van der Waals surface area contributed by atoms with Gasteiger partial charge in [-0.2, -0.15) is 0 Å². The topological polar surface area (TPSA) is 89.5 Å². The van der Waals surface area contributed by atoms with E-state index in [-0.39, 0.29) is 18.1 Å². The molecule has 0 unspecified atom stereocenters. The highest BCUT2D eigenvalue weighted by Gasteiger charge is 2.16. The summed E-state index contributed by atoms with van der Waals surface area (Å²) in [6.07, 6.45) is 4.40. The average molecular weight is 409 g/mol. The number of unbranched alkanes of at least 4 members (excludes halogenated alkanes) is 4. The highest BCUT2D eigenvalue weighted by Crippen LogP contribution is 2.10. The molecular formula is C23H40N2O4. The van der Waals surface area contributed by atoms with Crippen LogP contribution in [0.1, 0.15) is 76.6 Å². The first-order valence-electron chi connectivity index (χ1n) is 11.0. The van der Waals surface area contributed by atoms with E-state index in [0.717, 1.165) is 25.7 Å². The molecule has 1 aromatic rings. The number of hydrogen-bond acceptors (Lipinski definition) is 4. The van der Waals surface area contributed by atoms with Crippen molar-refractivity contribution in [3.63, 3.8) is 0 Å². The van der Waals surface area contributed by atoms with Crippen LogP contribution in [0.3, 0.4) is 0 Å². The third-order valence-corrected chi connectivity index (χ3v) is 5.63. The summed E-state index contributed by atoms with van der Waals surface area (Å²) in [7, 11) is 0. The van der Waals surface area contributed by atoms with Gasteiger partial charge in [-0.3, -0.25) is 4.79 Å². The Labute approximate surface area is 176 Å². The first kappa shape index (κ1) is 26.9. The van der Waals surface area contributed by atoms with Gasteiger partial charge in [0.15, 0.2) is 0 Å². The number of carboxylic acid groups (broad SMARTS) is 1. The van der Waals surface area contributed by atoms with Crippen molar-refractivity contribution in [2.24, 2.45) is 0 Å². The third-order valence-electron chi connectivity index (χ3n) is 5.63. The van der Waals surface area contributed by atoms with E-state index < -0.39 is 5.97 Å². The monoisotopic (exact) mass is 408 g/mol. The maximum absolute atomic E-state index is 11.7. The van der Waals surface area contributed by atoms with Gasteiger partial charge in [-0.25, -0.2) is 0 Å². The molecule has 1 aromatic carbocycles. The lowest BCUT2D eigenvalue weighted by Gasteiger charge is -2.34. The molecule has 0 aromatic heterocycles. The van der Waals surface area contributed by atoms with Crippen LogP contribution in [0.25, 0.3) is 0 Å². The van der Waals surface area contributed by atoms with Gasteiger partial charge in [0.05, 0.1) is 26.2 Å². The first-order chi connectivity index (χ1) is 13.8. The minimum Gasteiger partial charge on any atom is -0.550 e. The second-order valence-corrected chi connectivity index (χ2v) is 7.30. The molecule has 0 atom stereocenters. The van der Waals surface area contributed by atoms with E-state index in [4.69, 9.17) is 0 Å². The van der Waals surface area contributed by atoms with Crippen molar-refractivity contribution in [3.8, 4) is 5.75 Å². The SMILES string of the molecule is CC[N+](CC)(CC)CC.O=C([O-])CCCCCCCNC(=O)c1cccc(O)c1. The summed E-state index contributed by atoms with van der Waals surface area (Å²) >= 11 is 0. The minimum absolute atomic E-state index is 0.0746. The van der Waals surface area contributed by atoms with Gasteiger partial charge in [-0.1, -0.05) is 25.3 Å². The molecule has 1 amide bonds. The maximum atomic E-state index is 11.7. The normalized spacial score (nSPS) is 10.8. The lowest BCUT2D eigenvalue weighted by molar-refractivity contribution is -0.921. The van der Waals surface area contributed by atoms with Gasteiger partial charge < -0.3 is 24.8 Å². The number of phenols is 1. The number of nitrogens with one attached hydrogen (secondary N) is 1. The van der Waals surface area contributed by atoms with Gasteiger partial charge in [0.1, 0.15) is 5.75 Å². The summed E-state index contributed by atoms with van der Waals surface area (Å²) in [6, 6.07) is 6.22. The van der Waals surface area contributed by atoms with Crippen LogP contribution in [0.2, 0.25) is 0 Å². The van der Waals surface area contributed by atoms with Crippen molar-refractivity contribution in [2.75, 3.05) is 32.7 Å². The molecule has 0 bridgehead atoms. The van der Waals surface area contributed by atoms with Gasteiger partial charge in [0.25, 0.3) is 5.91 Å². The molecule has 166 valence electrons. The van der Waals surface area contributed by atoms with Crippen molar-refractivity contribution in [2.45, 2.75) is 66.2 Å². The number of hydrogen-bond donors (Lipinski definition) is 2. The van der Waals surface area contributed by atoms with Crippen molar-refractivity contribution in [1.82, 2.24) is 5.32 Å². The summed E-state index contributed by atoms with van der Waals surface area (Å²) in [5, 5.41) is 22.2. The van der Waals surface area contributed by atoms with Crippen LogP contribution in [0.15, 0.2) is 24.3 Å². The Balaban J connectivity index is 0.000000734. The number of carbonyl (C=O) groups is 2. The van der Waals surface area contributed by atoms with Crippen molar-refractivity contribution in [1.29, 1.82) is 0 Å². The van der Waals surface area contributed by atoms with Gasteiger partial charge >= 0.3 is 0 Å². The fourth-order valence-corrected chi connectivity index (χ4v) is 3.22. The number of quaternary nitrogens is 1. The number of carboxylic acids is 1. The largest absolute Gasteiger partial charge is 0.550 e. The summed E-state index contributed by atoms with van der Waals surface area (Å²) in [6.45, 7) is 14.8. The van der Waals surface area contributed by atoms with Crippen molar-refractivity contribution >= 4 is 11.9 Å². The van der Waals surface area contributed by atoms with Gasteiger partial charge in [-0.05, 0) is 65.2 Å². The van der Waals surface area contributed by atoms with Crippen molar-refractivity contribution < 1.29 is 24.3 Å². The number of aromatic hydroxyl groups is 1. The molecule has 0 aliphatic rings. The molecule has 1 rings (SSSR count). The van der Waals surface area contributed by atoms with Gasteiger partial charge in [-0.15, -0.1) is 0 Å². The Hall–Kier alpha value is -2.08. The summed E-state index contributed by atoms with van der Waals surface area (Å²) in [4.78, 5) is 21.9. The van der Waals surface area contributed by atoms with Crippen LogP contribution < -0.4 is 10.4 Å². The Bertz CT molecular complexity index is 568. The van der Waals surface area contributed by atoms with Crippen LogP contribution in [0.4, 0.5) is 0 Å². The van der Waals surface area contributed by atoms with E-state index in [9.17, 15) is 19.8 Å². The number of phenolic OH excluding ortho intramolecular Hbond substituents is 1. The van der Waals surface area contributed by atoms with Crippen molar-refractivity contribution in [3.05, 3.63) is 29.8 Å². The molecule has 6 heteroatoms. The second kappa shape index (κ2) is 15.8. The molecule has 6 nitrogen and oxygen atoms in total. The molecule has 0 aliphatic carbocycles. The zero-order valence-electron chi connectivity index (χ0n) is 18.7. The number of rotatable bonds is 13. The summed E-state index contributed by atoms with van der Waals surface area (Å²) in [5.74, 6) is -1.12. The molecule has 0 fully saturated rings. The van der Waals surface area contributed by atoms with Crippen LogP contribution in [-0.4, -0.2) is 54.2 Å². The van der Waals surface area contributed by atoms with E-state index in [1.807, 2.05) is 0 Å². The average Bonchev–Trinajstić information content (AvgIpc) is 2.72. The van der Waals surface area contributed by atoms with Gasteiger partial charge in [0, 0.05) is 18.1 Å². The van der Waals surface area contributed by atoms with Crippen LogP contribution in [0.5, 0.6) is 5.75 Å². The zero-order chi connectivity index (χ0) is 22.1. The third kappa shape index (κ3) is 12.2. The van der Waals surface area contributed by atoms with E-state index in [1.165, 1.54) is 42.8 Å². The molecule has 0 aliphatic heterocycles. The molecule has 0 radical (unpaired) electrons. The van der Waals surface area contributed by atoms with E-state index in [0.29, 0.717) is 18.5 Å². The number of nitrogens with zero attached hydrogens (tertiary/aromatic N) is 1. The summed E-state index contributed by atoms with van der Waals surface area (Å²) < 4.78 is 1.28. The first-order valence-corrected chi connectivity index (χ1v) is 11.0. The fraction of sp³-hybridized carbons (Fsp3) is 0.652. The smallest absolute Gasteiger partial charge is 0.251 e. The Morgan fingerprint density at radius 2 is 1.48 bits per heavy atom. The number of amides is 1. The van der Waals surface area contributed by atoms with Crippen LogP contribution in [-0.2, 0) is 4.79 Å². The zero-order valence-corrected chi connectivity index (χ0v) is 18.7. The molecule has 0 saturated carbocycles.